The first-order chi connectivity index (χ1) is 17.1. The third kappa shape index (κ3) is 3.96. The molecule has 1 N–H and O–H groups in total. The molecule has 0 radical (unpaired) electrons. The summed E-state index contributed by atoms with van der Waals surface area (Å²) in [5.74, 6) is 2.49. The summed E-state index contributed by atoms with van der Waals surface area (Å²) in [7, 11) is -1.70. The number of carbonyl (C=O) groups is 1. The number of amides is 1. The Morgan fingerprint density at radius 2 is 1.83 bits per heavy atom. The lowest BCUT2D eigenvalue weighted by atomic mass is 10.1. The Balaban J connectivity index is 1.44. The number of hydrogen-bond donors (Lipinski definition) is 1. The van der Waals surface area contributed by atoms with E-state index in [2.05, 4.69) is 46.4 Å². The first-order valence-corrected chi connectivity index (χ1v) is 15.4. The molecule has 1 aromatic carbocycles. The van der Waals surface area contributed by atoms with Gasteiger partial charge in [-0.1, -0.05) is 43.8 Å². The van der Waals surface area contributed by atoms with E-state index in [0.29, 0.717) is 16.7 Å². The topological polar surface area (TPSA) is 110 Å². The van der Waals surface area contributed by atoms with Crippen molar-refractivity contribution in [2.24, 2.45) is 0 Å². The molecule has 2 saturated heterocycles. The molecule has 3 aromatic rings. The number of nitrogens with zero attached hydrogens (tertiary/aromatic N) is 4. The number of benzene rings is 1. The molecule has 6 rings (SSSR count). The van der Waals surface area contributed by atoms with Crippen molar-refractivity contribution in [3.8, 4) is 17.5 Å². The van der Waals surface area contributed by atoms with Crippen LogP contribution in [0.2, 0.25) is 19.6 Å². The van der Waals surface area contributed by atoms with Crippen LogP contribution in [0, 0.1) is 11.5 Å². The van der Waals surface area contributed by atoms with Crippen LogP contribution < -0.4 is 10.1 Å². The van der Waals surface area contributed by atoms with Crippen molar-refractivity contribution in [1.29, 1.82) is 0 Å². The highest BCUT2D eigenvalue weighted by molar-refractivity contribution is 6.83. The quantitative estimate of drug-likeness (QED) is 0.418. The molecule has 0 unspecified atom stereocenters. The first-order valence-electron chi connectivity index (χ1n) is 11.9. The SMILES string of the molecule is CC1(C)O[C@H]2[C@@H](O1)[C@H]1O[C@@H]2[C@H](C#C[Si](C)(C)C)Oc2nc3c(NC(=O)c4ccccc4)ncnc3n21. The third-order valence-corrected chi connectivity index (χ3v) is 7.05. The highest BCUT2D eigenvalue weighted by atomic mass is 28.3. The van der Waals surface area contributed by atoms with Crippen molar-refractivity contribution in [3.05, 3.63) is 42.2 Å². The van der Waals surface area contributed by atoms with Crippen molar-refractivity contribution in [3.63, 3.8) is 0 Å². The van der Waals surface area contributed by atoms with E-state index < -0.39 is 38.4 Å². The fourth-order valence-corrected chi connectivity index (χ4v) is 5.28. The van der Waals surface area contributed by atoms with Gasteiger partial charge in [-0.2, -0.15) is 4.98 Å². The van der Waals surface area contributed by atoms with Gasteiger partial charge in [-0.3, -0.25) is 4.79 Å². The van der Waals surface area contributed by atoms with E-state index >= 15 is 0 Å². The number of ether oxygens (including phenoxy) is 4. The zero-order chi connectivity index (χ0) is 25.2. The second kappa shape index (κ2) is 8.11. The predicted molar refractivity (Wildman–Crippen MR) is 133 cm³/mol. The lowest BCUT2D eigenvalue weighted by Gasteiger charge is -2.24. The molecule has 5 heterocycles. The highest BCUT2D eigenvalue weighted by Gasteiger charge is 2.60. The van der Waals surface area contributed by atoms with E-state index in [1.807, 2.05) is 19.9 Å². The molecule has 5 atom stereocenters. The van der Waals surface area contributed by atoms with Crippen LogP contribution in [-0.4, -0.2) is 63.7 Å². The van der Waals surface area contributed by atoms with E-state index in [1.54, 1.807) is 28.8 Å². The van der Waals surface area contributed by atoms with Gasteiger partial charge in [0.1, 0.15) is 32.7 Å². The monoisotopic (exact) mass is 505 g/mol. The Hall–Kier alpha value is -3.30. The molecule has 0 saturated carbocycles. The number of carbonyl (C=O) groups excluding carboxylic acids is 1. The zero-order valence-electron chi connectivity index (χ0n) is 20.7. The van der Waals surface area contributed by atoms with Gasteiger partial charge in [-0.05, 0) is 26.0 Å². The fraction of sp³-hybridized carbons (Fsp3) is 0.440. The summed E-state index contributed by atoms with van der Waals surface area (Å²) in [5, 5.41) is 2.84. The maximum atomic E-state index is 12.8. The average molecular weight is 506 g/mol. The van der Waals surface area contributed by atoms with Crippen molar-refractivity contribution in [1.82, 2.24) is 19.5 Å². The molecule has 10 nitrogen and oxygen atoms in total. The van der Waals surface area contributed by atoms with E-state index in [9.17, 15) is 4.79 Å². The largest absolute Gasteiger partial charge is 0.445 e. The second-order valence-electron chi connectivity index (χ2n) is 10.6. The highest BCUT2D eigenvalue weighted by Crippen LogP contribution is 2.48. The molecule has 2 fully saturated rings. The summed E-state index contributed by atoms with van der Waals surface area (Å²) < 4.78 is 27.1. The van der Waals surface area contributed by atoms with Crippen LogP contribution >= 0.6 is 0 Å². The Bertz CT molecular complexity index is 1410. The van der Waals surface area contributed by atoms with Crippen molar-refractivity contribution >= 4 is 31.0 Å². The molecule has 36 heavy (non-hydrogen) atoms. The van der Waals surface area contributed by atoms with Gasteiger partial charge in [0, 0.05) is 5.56 Å². The van der Waals surface area contributed by atoms with Gasteiger partial charge >= 0.3 is 6.01 Å². The molecular formula is C25H27N5O5Si. The molecule has 3 aliphatic heterocycles. The molecule has 11 heteroatoms. The summed E-state index contributed by atoms with van der Waals surface area (Å²) in [5.41, 5.74) is 4.74. The van der Waals surface area contributed by atoms with Gasteiger partial charge in [0.2, 0.25) is 0 Å². The van der Waals surface area contributed by atoms with Gasteiger partial charge in [-0.15, -0.1) is 5.54 Å². The number of anilines is 1. The number of rotatable bonds is 2. The average Bonchev–Trinajstić information content (AvgIpc) is 3.41. The Morgan fingerprint density at radius 3 is 2.58 bits per heavy atom. The maximum Gasteiger partial charge on any atom is 0.302 e. The standard InChI is InChI=1S/C25H27N5O5Si/c1-25(2)34-18-17-15(11-12-36(3,4)5)32-24-28-16-20(29-22(31)14-9-7-6-8-10-14)26-13-27-21(16)30(24)23(33-17)19(18)35-25/h6-10,13,15,17-19,23H,1-5H3,(H,26,27,29,31)/t15-,17+,18+,19+,23+/m0/s1. The Labute approximate surface area is 209 Å². The number of imidazole rings is 1. The normalized spacial score (nSPS) is 27.9. The summed E-state index contributed by atoms with van der Waals surface area (Å²) in [6.45, 7) is 10.3. The molecule has 0 spiro atoms. The van der Waals surface area contributed by atoms with E-state index in [0.717, 1.165) is 0 Å². The minimum atomic E-state index is -1.70. The van der Waals surface area contributed by atoms with Gasteiger partial charge < -0.3 is 24.3 Å². The first kappa shape index (κ1) is 23.1. The second-order valence-corrected chi connectivity index (χ2v) is 15.3. The maximum absolute atomic E-state index is 12.8. The van der Waals surface area contributed by atoms with Crippen molar-refractivity contribution < 1.29 is 23.7 Å². The lowest BCUT2D eigenvalue weighted by Crippen LogP contribution is -2.42. The third-order valence-electron chi connectivity index (χ3n) is 6.15. The van der Waals surface area contributed by atoms with Gasteiger partial charge in [0.05, 0.1) is 0 Å². The Morgan fingerprint density at radius 1 is 1.08 bits per heavy atom. The predicted octanol–water partition coefficient (Wildman–Crippen LogP) is 3.14. The van der Waals surface area contributed by atoms with Crippen LogP contribution in [0.15, 0.2) is 36.7 Å². The van der Waals surface area contributed by atoms with Crippen LogP contribution in [0.1, 0.15) is 30.4 Å². The molecule has 2 bridgehead atoms. The molecule has 1 amide bonds. The summed E-state index contributed by atoms with van der Waals surface area (Å²) in [4.78, 5) is 26.3. The van der Waals surface area contributed by atoms with E-state index in [1.165, 1.54) is 6.33 Å². The van der Waals surface area contributed by atoms with Crippen LogP contribution in [0.25, 0.3) is 11.2 Å². The molecule has 0 aliphatic carbocycles. The Kier molecular flexibility index (Phi) is 5.21. The van der Waals surface area contributed by atoms with Crippen molar-refractivity contribution in [2.75, 3.05) is 5.32 Å². The summed E-state index contributed by atoms with van der Waals surface area (Å²) in [6.07, 6.45) is -1.05. The minimum Gasteiger partial charge on any atom is -0.445 e. The smallest absolute Gasteiger partial charge is 0.302 e. The van der Waals surface area contributed by atoms with Crippen LogP contribution in [0.4, 0.5) is 5.82 Å². The number of fused-ring (bicyclic) bond motifs is 9. The van der Waals surface area contributed by atoms with Crippen LogP contribution in [-0.2, 0) is 14.2 Å². The fourth-order valence-electron chi connectivity index (χ4n) is 4.70. The zero-order valence-corrected chi connectivity index (χ0v) is 21.7. The number of aromatic nitrogens is 4. The number of hydrogen-bond acceptors (Lipinski definition) is 8. The lowest BCUT2D eigenvalue weighted by molar-refractivity contribution is -0.197. The minimum absolute atomic E-state index is 0.276. The van der Waals surface area contributed by atoms with Crippen molar-refractivity contribution in [2.45, 2.75) is 69.9 Å². The van der Waals surface area contributed by atoms with Gasteiger partial charge in [-0.25, -0.2) is 14.5 Å². The molecule has 3 aliphatic rings. The number of nitrogens with one attached hydrogen (secondary N) is 1. The van der Waals surface area contributed by atoms with E-state index in [4.69, 9.17) is 23.9 Å². The van der Waals surface area contributed by atoms with E-state index in [-0.39, 0.29) is 23.8 Å². The molecular weight excluding hydrogens is 478 g/mol. The molecule has 2 aromatic heterocycles. The van der Waals surface area contributed by atoms with Crippen LogP contribution in [0.3, 0.4) is 0 Å². The van der Waals surface area contributed by atoms with Gasteiger partial charge in [0.15, 0.2) is 35.1 Å². The van der Waals surface area contributed by atoms with Gasteiger partial charge in [0.25, 0.3) is 5.91 Å². The molecule has 186 valence electrons. The summed E-state index contributed by atoms with van der Waals surface area (Å²) in [6, 6.07) is 9.19. The summed E-state index contributed by atoms with van der Waals surface area (Å²) >= 11 is 0. The van der Waals surface area contributed by atoms with Crippen LogP contribution in [0.5, 0.6) is 6.01 Å².